The van der Waals surface area contributed by atoms with Gasteiger partial charge >= 0.3 is 0 Å². The average Bonchev–Trinajstić information content (AvgIpc) is 2.66. The fourth-order valence-electron chi connectivity index (χ4n) is 3.01. The molecule has 1 aliphatic rings. The van der Waals surface area contributed by atoms with Gasteiger partial charge in [-0.1, -0.05) is 24.3 Å². The second kappa shape index (κ2) is 6.27. The van der Waals surface area contributed by atoms with E-state index in [1.165, 1.54) is 0 Å². The van der Waals surface area contributed by atoms with Crippen LogP contribution in [0.4, 0.5) is 17.1 Å². The summed E-state index contributed by atoms with van der Waals surface area (Å²) in [5.74, 6) is -0.262. The molecule has 2 aromatic carbocycles. The van der Waals surface area contributed by atoms with Gasteiger partial charge in [-0.25, -0.2) is 8.42 Å². The van der Waals surface area contributed by atoms with E-state index in [-0.39, 0.29) is 22.2 Å². The average molecular weight is 365 g/mol. The van der Waals surface area contributed by atoms with Gasteiger partial charge in [0.15, 0.2) is 0 Å². The van der Waals surface area contributed by atoms with E-state index in [1.807, 2.05) is 0 Å². The number of nitrogens with zero attached hydrogens (tertiary/aromatic N) is 2. The molecular weight excluding hydrogens is 350 g/mol. The van der Waals surface area contributed by atoms with Crippen LogP contribution in [-0.2, 0) is 14.6 Å². The number of carbonyl (C=O) groups excluding carboxylic acids is 1. The Hall–Kier alpha value is -3.19. The lowest BCUT2D eigenvalue weighted by molar-refractivity contribution is -0.114. The fraction of sp³-hybridized carbons (Fsp3) is 0.0526. The van der Waals surface area contributed by atoms with E-state index in [2.05, 4.69) is 10.3 Å². The molecule has 0 fully saturated rings. The summed E-state index contributed by atoms with van der Waals surface area (Å²) in [6, 6.07) is 16.9. The molecule has 130 valence electrons. The summed E-state index contributed by atoms with van der Waals surface area (Å²) >= 11 is 0. The Kier molecular flexibility index (Phi) is 3.93. The van der Waals surface area contributed by atoms with Crippen LogP contribution >= 0.6 is 0 Å². The van der Waals surface area contributed by atoms with Crippen molar-refractivity contribution in [1.82, 2.24) is 4.98 Å². The van der Waals surface area contributed by atoms with Crippen LogP contribution in [0.25, 0.3) is 0 Å². The number of fused-ring (bicyclic) bond motifs is 2. The highest BCUT2D eigenvalue weighted by atomic mass is 32.2. The Morgan fingerprint density at radius 2 is 1.54 bits per heavy atom. The van der Waals surface area contributed by atoms with Crippen molar-refractivity contribution in [2.75, 3.05) is 16.8 Å². The van der Waals surface area contributed by atoms with Crippen LogP contribution < -0.4 is 10.2 Å². The molecule has 26 heavy (non-hydrogen) atoms. The first kappa shape index (κ1) is 16.3. The second-order valence-electron chi connectivity index (χ2n) is 5.81. The van der Waals surface area contributed by atoms with Gasteiger partial charge in [0.25, 0.3) is 0 Å². The van der Waals surface area contributed by atoms with Gasteiger partial charge in [-0.2, -0.15) is 0 Å². The van der Waals surface area contributed by atoms with Crippen molar-refractivity contribution in [3.05, 3.63) is 73.1 Å². The van der Waals surface area contributed by atoms with Gasteiger partial charge in [0, 0.05) is 6.20 Å². The predicted octanol–water partition coefficient (Wildman–Crippen LogP) is 3.00. The molecule has 0 bridgehead atoms. The van der Waals surface area contributed by atoms with Gasteiger partial charge < -0.3 is 10.2 Å². The number of nitrogens with one attached hydrogen (secondary N) is 1. The van der Waals surface area contributed by atoms with Crippen molar-refractivity contribution in [3.63, 3.8) is 0 Å². The predicted molar refractivity (Wildman–Crippen MR) is 98.2 cm³/mol. The molecule has 1 amide bonds. The molecule has 0 atom stereocenters. The van der Waals surface area contributed by atoms with Crippen LogP contribution in [-0.4, -0.2) is 25.9 Å². The van der Waals surface area contributed by atoms with Gasteiger partial charge in [0.05, 0.1) is 33.0 Å². The van der Waals surface area contributed by atoms with Crippen molar-refractivity contribution < 1.29 is 13.2 Å². The van der Waals surface area contributed by atoms with E-state index in [0.717, 1.165) is 0 Å². The minimum absolute atomic E-state index is 0.0154. The molecule has 0 unspecified atom stereocenters. The van der Waals surface area contributed by atoms with Crippen LogP contribution in [0.15, 0.2) is 82.8 Å². The molecule has 3 aromatic rings. The molecule has 7 heteroatoms. The molecule has 4 rings (SSSR count). The number of hydrogen-bond acceptors (Lipinski definition) is 5. The van der Waals surface area contributed by atoms with E-state index in [0.29, 0.717) is 17.1 Å². The number of sulfone groups is 1. The van der Waals surface area contributed by atoms with Crippen LogP contribution in [0.3, 0.4) is 0 Å². The monoisotopic (exact) mass is 365 g/mol. The first-order chi connectivity index (χ1) is 12.6. The van der Waals surface area contributed by atoms with Crippen molar-refractivity contribution in [2.24, 2.45) is 0 Å². The van der Waals surface area contributed by atoms with Crippen LogP contribution in [0.5, 0.6) is 0 Å². The highest BCUT2D eigenvalue weighted by Gasteiger charge is 2.34. The quantitative estimate of drug-likeness (QED) is 0.772. The third-order valence-electron chi connectivity index (χ3n) is 4.14. The van der Waals surface area contributed by atoms with E-state index >= 15 is 0 Å². The molecule has 0 aliphatic carbocycles. The number of anilines is 3. The lowest BCUT2D eigenvalue weighted by atomic mass is 10.2. The molecule has 1 N–H and O–H groups in total. The summed E-state index contributed by atoms with van der Waals surface area (Å²) in [6.45, 7) is -0.0154. The lowest BCUT2D eigenvalue weighted by Gasteiger charge is -2.32. The van der Waals surface area contributed by atoms with Crippen molar-refractivity contribution in [1.29, 1.82) is 0 Å². The van der Waals surface area contributed by atoms with E-state index in [1.54, 1.807) is 78.0 Å². The molecule has 0 saturated carbocycles. The Bertz CT molecular complexity index is 1030. The summed E-state index contributed by atoms with van der Waals surface area (Å²) in [4.78, 5) is 18.6. The zero-order chi connectivity index (χ0) is 18.1. The first-order valence-electron chi connectivity index (χ1n) is 7.98. The summed E-state index contributed by atoms with van der Waals surface area (Å²) in [5.41, 5.74) is 1.57. The Morgan fingerprint density at radius 1 is 0.923 bits per heavy atom. The van der Waals surface area contributed by atoms with Crippen LogP contribution in [0.2, 0.25) is 0 Å². The van der Waals surface area contributed by atoms with Gasteiger partial charge in [0.1, 0.15) is 6.54 Å². The smallest absolute Gasteiger partial charge is 0.244 e. The van der Waals surface area contributed by atoms with Gasteiger partial charge in [-0.15, -0.1) is 0 Å². The zero-order valence-corrected chi connectivity index (χ0v) is 14.5. The maximum Gasteiger partial charge on any atom is 0.244 e. The number of hydrogen-bond donors (Lipinski definition) is 1. The number of aromatic nitrogens is 1. The zero-order valence-electron chi connectivity index (χ0n) is 13.7. The molecule has 1 aliphatic heterocycles. The summed E-state index contributed by atoms with van der Waals surface area (Å²) < 4.78 is 25.8. The molecule has 0 radical (unpaired) electrons. The molecular formula is C19H15N3O3S. The minimum Gasteiger partial charge on any atom is -0.330 e. The SMILES string of the molecule is O=C(CN1c2ccccc2S(=O)(=O)c2ccccc21)Nc1cccnc1. The number of para-hydroxylation sites is 2. The maximum atomic E-state index is 12.9. The van der Waals surface area contributed by atoms with Gasteiger partial charge in [-0.3, -0.25) is 9.78 Å². The maximum absolute atomic E-state index is 12.9. The van der Waals surface area contributed by atoms with Crippen molar-refractivity contribution in [2.45, 2.75) is 9.79 Å². The highest BCUT2D eigenvalue weighted by Crippen LogP contribution is 2.43. The van der Waals surface area contributed by atoms with Gasteiger partial charge in [-0.05, 0) is 36.4 Å². The second-order valence-corrected chi connectivity index (χ2v) is 7.70. The van der Waals surface area contributed by atoms with Crippen molar-refractivity contribution in [3.8, 4) is 0 Å². The molecule has 0 spiro atoms. The Balaban J connectivity index is 1.74. The number of rotatable bonds is 3. The normalized spacial score (nSPS) is 14.2. The number of amides is 1. The largest absolute Gasteiger partial charge is 0.330 e. The number of carbonyl (C=O) groups is 1. The van der Waals surface area contributed by atoms with E-state index < -0.39 is 9.84 Å². The van der Waals surface area contributed by atoms with Crippen LogP contribution in [0.1, 0.15) is 0 Å². The fourth-order valence-corrected chi connectivity index (χ4v) is 4.67. The van der Waals surface area contributed by atoms with Gasteiger partial charge in [0.2, 0.25) is 15.7 Å². The third-order valence-corrected chi connectivity index (χ3v) is 5.99. The molecule has 2 heterocycles. The van der Waals surface area contributed by atoms with E-state index in [4.69, 9.17) is 0 Å². The first-order valence-corrected chi connectivity index (χ1v) is 9.46. The molecule has 0 saturated heterocycles. The summed E-state index contributed by atoms with van der Waals surface area (Å²) in [7, 11) is -3.61. The number of benzene rings is 2. The third kappa shape index (κ3) is 2.72. The Morgan fingerprint density at radius 3 is 2.12 bits per heavy atom. The summed E-state index contributed by atoms with van der Waals surface area (Å²) in [6.07, 6.45) is 3.18. The van der Waals surface area contributed by atoms with E-state index in [9.17, 15) is 13.2 Å². The van der Waals surface area contributed by atoms with Crippen LogP contribution in [0, 0.1) is 0 Å². The Labute approximate surface area is 151 Å². The molecule has 6 nitrogen and oxygen atoms in total. The standard InChI is InChI=1S/C19H15N3O3S/c23-19(21-14-6-5-11-20-12-14)13-22-15-7-1-3-9-17(15)26(24,25)18-10-4-2-8-16(18)22/h1-12H,13H2,(H,21,23). The number of pyridine rings is 1. The van der Waals surface area contributed by atoms with Crippen molar-refractivity contribution >= 4 is 32.8 Å². The summed E-state index contributed by atoms with van der Waals surface area (Å²) in [5, 5.41) is 2.78. The topological polar surface area (TPSA) is 79.4 Å². The highest BCUT2D eigenvalue weighted by molar-refractivity contribution is 7.92. The molecule has 1 aromatic heterocycles. The minimum atomic E-state index is -3.61. The lowest BCUT2D eigenvalue weighted by Crippen LogP contribution is -2.33.